The van der Waals surface area contributed by atoms with E-state index in [9.17, 15) is 20.0 Å². The van der Waals surface area contributed by atoms with Crippen LogP contribution in [0.1, 0.15) is 39.4 Å². The van der Waals surface area contributed by atoms with Gasteiger partial charge in [-0.15, -0.1) is 0 Å². The SMILES string of the molecule is COC(=O)CN(CC(CCO)c1ccc(C)c(Cl)c1)C(=O)c1c(OC)c(C#N)cc2ccccc12. The van der Waals surface area contributed by atoms with E-state index in [-0.39, 0.29) is 42.5 Å². The van der Waals surface area contributed by atoms with E-state index in [4.69, 9.17) is 21.1 Å². The van der Waals surface area contributed by atoms with E-state index in [1.165, 1.54) is 19.1 Å². The third-order valence-corrected chi connectivity index (χ3v) is 6.37. The maximum Gasteiger partial charge on any atom is 0.325 e. The summed E-state index contributed by atoms with van der Waals surface area (Å²) in [6, 6.07) is 16.5. The number of halogens is 1. The predicted octanol–water partition coefficient (Wildman–Crippen LogP) is 4.46. The van der Waals surface area contributed by atoms with Crippen molar-refractivity contribution in [3.8, 4) is 11.8 Å². The fraction of sp³-hybridized carbons (Fsp3) is 0.296. The number of esters is 1. The summed E-state index contributed by atoms with van der Waals surface area (Å²) >= 11 is 6.33. The van der Waals surface area contributed by atoms with Crippen LogP contribution in [0.2, 0.25) is 5.02 Å². The minimum absolute atomic E-state index is 0.113. The summed E-state index contributed by atoms with van der Waals surface area (Å²) in [5, 5.41) is 21.3. The number of hydrogen-bond donors (Lipinski definition) is 1. The molecule has 1 atom stereocenters. The second kappa shape index (κ2) is 11.7. The van der Waals surface area contributed by atoms with Crippen molar-refractivity contribution in [2.75, 3.05) is 33.9 Å². The van der Waals surface area contributed by atoms with Crippen LogP contribution in [0.3, 0.4) is 0 Å². The van der Waals surface area contributed by atoms with Gasteiger partial charge in [-0.1, -0.05) is 48.0 Å². The zero-order valence-corrected chi connectivity index (χ0v) is 20.6. The molecule has 8 heteroatoms. The lowest BCUT2D eigenvalue weighted by Gasteiger charge is -2.28. The van der Waals surface area contributed by atoms with Crippen LogP contribution in [-0.4, -0.2) is 55.8 Å². The normalized spacial score (nSPS) is 11.5. The van der Waals surface area contributed by atoms with E-state index in [1.807, 2.05) is 31.2 Å². The Morgan fingerprint density at radius 3 is 2.54 bits per heavy atom. The number of aliphatic hydroxyl groups excluding tert-OH is 1. The number of amides is 1. The average Bonchev–Trinajstić information content (AvgIpc) is 2.87. The molecule has 0 aromatic heterocycles. The smallest absolute Gasteiger partial charge is 0.325 e. The molecule has 0 heterocycles. The van der Waals surface area contributed by atoms with E-state index in [0.717, 1.165) is 11.1 Å². The van der Waals surface area contributed by atoms with Crippen LogP contribution in [0.15, 0.2) is 48.5 Å². The van der Waals surface area contributed by atoms with Gasteiger partial charge in [-0.2, -0.15) is 5.26 Å². The topological polar surface area (TPSA) is 99.9 Å². The molecule has 0 aliphatic rings. The van der Waals surface area contributed by atoms with Crippen LogP contribution in [0.4, 0.5) is 0 Å². The summed E-state index contributed by atoms with van der Waals surface area (Å²) in [6.07, 6.45) is 0.348. The molecule has 0 radical (unpaired) electrons. The number of carbonyl (C=O) groups excluding carboxylic acids is 2. The van der Waals surface area contributed by atoms with Gasteiger partial charge in [-0.05, 0) is 47.4 Å². The van der Waals surface area contributed by atoms with Crippen molar-refractivity contribution in [1.29, 1.82) is 5.26 Å². The van der Waals surface area contributed by atoms with Crippen LogP contribution in [0.5, 0.6) is 5.75 Å². The Labute approximate surface area is 209 Å². The third-order valence-electron chi connectivity index (χ3n) is 5.96. The molecule has 3 aromatic carbocycles. The highest BCUT2D eigenvalue weighted by Gasteiger charge is 2.29. The molecular weight excluding hydrogens is 468 g/mol. The van der Waals surface area contributed by atoms with Crippen LogP contribution in [-0.2, 0) is 9.53 Å². The van der Waals surface area contributed by atoms with Gasteiger partial charge in [-0.25, -0.2) is 0 Å². The van der Waals surface area contributed by atoms with Gasteiger partial charge in [0.05, 0.1) is 25.3 Å². The average molecular weight is 495 g/mol. The molecule has 3 aromatic rings. The van der Waals surface area contributed by atoms with Crippen LogP contribution in [0, 0.1) is 18.3 Å². The summed E-state index contributed by atoms with van der Waals surface area (Å²) < 4.78 is 10.4. The lowest BCUT2D eigenvalue weighted by molar-refractivity contribution is -0.141. The number of hydrogen-bond acceptors (Lipinski definition) is 6. The number of methoxy groups -OCH3 is 2. The fourth-order valence-corrected chi connectivity index (χ4v) is 4.27. The highest BCUT2D eigenvalue weighted by molar-refractivity contribution is 6.31. The molecule has 0 aliphatic heterocycles. The molecular formula is C27H27ClN2O5. The van der Waals surface area contributed by atoms with Gasteiger partial charge in [0, 0.05) is 24.1 Å². The van der Waals surface area contributed by atoms with Gasteiger partial charge in [-0.3, -0.25) is 9.59 Å². The Hall–Kier alpha value is -3.60. The molecule has 0 saturated carbocycles. The summed E-state index contributed by atoms with van der Waals surface area (Å²) in [5.41, 5.74) is 2.14. The maximum absolute atomic E-state index is 14.0. The number of aryl methyl sites for hydroxylation is 1. The van der Waals surface area contributed by atoms with Crippen molar-refractivity contribution in [2.45, 2.75) is 19.3 Å². The number of aliphatic hydroxyl groups is 1. The quantitative estimate of drug-likeness (QED) is 0.441. The zero-order chi connectivity index (χ0) is 25.5. The molecule has 0 bridgehead atoms. The standard InChI is InChI=1S/C27H27ClN2O5/c1-17-8-9-18(13-23(17)28)20(10-11-31)15-30(16-24(32)34-2)27(33)25-22-7-5-4-6-19(22)12-21(14-29)26(25)35-3/h4-9,12-13,20,31H,10-11,15-16H2,1-3H3. The summed E-state index contributed by atoms with van der Waals surface area (Å²) in [4.78, 5) is 27.7. The molecule has 1 unspecified atom stereocenters. The van der Waals surface area contributed by atoms with Gasteiger partial charge in [0.2, 0.25) is 0 Å². The largest absolute Gasteiger partial charge is 0.495 e. The van der Waals surface area contributed by atoms with E-state index in [1.54, 1.807) is 24.3 Å². The monoisotopic (exact) mass is 494 g/mol. The van der Waals surface area contributed by atoms with E-state index in [0.29, 0.717) is 22.2 Å². The first-order valence-electron chi connectivity index (χ1n) is 11.1. The minimum atomic E-state index is -0.595. The second-order valence-electron chi connectivity index (χ2n) is 8.14. The van der Waals surface area contributed by atoms with Crippen molar-refractivity contribution in [2.24, 2.45) is 0 Å². The Morgan fingerprint density at radius 1 is 1.17 bits per heavy atom. The molecule has 182 valence electrons. The van der Waals surface area contributed by atoms with E-state index in [2.05, 4.69) is 6.07 Å². The lowest BCUT2D eigenvalue weighted by Crippen LogP contribution is -2.39. The number of nitriles is 1. The molecule has 0 saturated heterocycles. The number of benzene rings is 3. The molecule has 1 amide bonds. The highest BCUT2D eigenvalue weighted by atomic mass is 35.5. The van der Waals surface area contributed by atoms with E-state index >= 15 is 0 Å². The minimum Gasteiger partial charge on any atom is -0.495 e. The molecule has 1 N–H and O–H groups in total. The molecule has 3 rings (SSSR count). The summed E-state index contributed by atoms with van der Waals surface area (Å²) in [6.45, 7) is 1.57. The van der Waals surface area contributed by atoms with Crippen LogP contribution in [0.25, 0.3) is 10.8 Å². The second-order valence-corrected chi connectivity index (χ2v) is 8.55. The number of fused-ring (bicyclic) bond motifs is 1. The van der Waals surface area contributed by atoms with Crippen LogP contribution < -0.4 is 4.74 Å². The highest BCUT2D eigenvalue weighted by Crippen LogP contribution is 2.34. The first-order valence-corrected chi connectivity index (χ1v) is 11.4. The molecule has 0 spiro atoms. The van der Waals surface area contributed by atoms with Crippen molar-refractivity contribution < 1.29 is 24.2 Å². The van der Waals surface area contributed by atoms with Gasteiger partial charge in [0.25, 0.3) is 5.91 Å². The number of nitrogens with zero attached hydrogens (tertiary/aromatic N) is 2. The number of ether oxygens (including phenoxy) is 2. The molecule has 0 aliphatic carbocycles. The first-order chi connectivity index (χ1) is 16.8. The Balaban J connectivity index is 2.13. The fourth-order valence-electron chi connectivity index (χ4n) is 4.08. The molecule has 0 fully saturated rings. The van der Waals surface area contributed by atoms with Crippen molar-refractivity contribution in [1.82, 2.24) is 4.90 Å². The van der Waals surface area contributed by atoms with Crippen molar-refractivity contribution in [3.05, 3.63) is 75.8 Å². The Bertz CT molecular complexity index is 1280. The number of rotatable bonds is 9. The van der Waals surface area contributed by atoms with Gasteiger partial charge in [0.1, 0.15) is 18.4 Å². The van der Waals surface area contributed by atoms with Crippen LogP contribution >= 0.6 is 11.6 Å². The van der Waals surface area contributed by atoms with Gasteiger partial charge >= 0.3 is 5.97 Å². The van der Waals surface area contributed by atoms with E-state index < -0.39 is 11.9 Å². The Kier molecular flexibility index (Phi) is 8.69. The maximum atomic E-state index is 14.0. The molecule has 35 heavy (non-hydrogen) atoms. The van der Waals surface area contributed by atoms with Gasteiger partial charge < -0.3 is 19.5 Å². The van der Waals surface area contributed by atoms with Crippen molar-refractivity contribution >= 4 is 34.2 Å². The first kappa shape index (κ1) is 26.0. The van der Waals surface area contributed by atoms with Crippen molar-refractivity contribution in [3.63, 3.8) is 0 Å². The number of carbonyl (C=O) groups is 2. The summed E-state index contributed by atoms with van der Waals surface area (Å²) in [7, 11) is 2.65. The van der Waals surface area contributed by atoms with Gasteiger partial charge in [0.15, 0.2) is 0 Å². The zero-order valence-electron chi connectivity index (χ0n) is 19.9. The third kappa shape index (κ3) is 5.73. The lowest BCUT2D eigenvalue weighted by atomic mass is 9.93. The Morgan fingerprint density at radius 2 is 1.91 bits per heavy atom. The summed E-state index contributed by atoms with van der Waals surface area (Å²) in [5.74, 6) is -1.24. The predicted molar refractivity (Wildman–Crippen MR) is 134 cm³/mol. The molecule has 7 nitrogen and oxygen atoms in total.